The quantitative estimate of drug-likeness (QED) is 0.656. The predicted octanol–water partition coefficient (Wildman–Crippen LogP) is 2.80. The third kappa shape index (κ3) is 3.97. The van der Waals surface area contributed by atoms with Gasteiger partial charge in [-0.25, -0.2) is 4.98 Å². The minimum Gasteiger partial charge on any atom is -0.354 e. The highest BCUT2D eigenvalue weighted by Crippen LogP contribution is 2.32. The van der Waals surface area contributed by atoms with E-state index in [0.29, 0.717) is 16.8 Å². The van der Waals surface area contributed by atoms with Crippen LogP contribution in [0.1, 0.15) is 40.5 Å². The molecule has 0 aliphatic carbocycles. The summed E-state index contributed by atoms with van der Waals surface area (Å²) in [4.78, 5) is 37.4. The molecule has 0 bridgehead atoms. The number of anilines is 1. The molecule has 2 fully saturated rings. The number of aromatic nitrogens is 2. The van der Waals surface area contributed by atoms with Crippen LogP contribution in [0.3, 0.4) is 0 Å². The van der Waals surface area contributed by atoms with Gasteiger partial charge in [-0.05, 0) is 43.3 Å². The third-order valence-corrected chi connectivity index (χ3v) is 7.69. The molecule has 3 aromatic rings. The van der Waals surface area contributed by atoms with Gasteiger partial charge >= 0.3 is 0 Å². The number of nitrogens with zero attached hydrogens (tertiary/aromatic N) is 3. The Morgan fingerprint density at radius 3 is 2.81 bits per heavy atom. The van der Waals surface area contributed by atoms with E-state index in [4.69, 9.17) is 0 Å². The van der Waals surface area contributed by atoms with Crippen LogP contribution in [0.5, 0.6) is 0 Å². The number of thiazole rings is 1. The molecule has 1 aromatic carbocycles. The predicted molar refractivity (Wildman–Crippen MR) is 124 cm³/mol. The molecule has 1 amide bonds. The van der Waals surface area contributed by atoms with Crippen LogP contribution in [0.15, 0.2) is 41.3 Å². The number of nitrogens with one attached hydrogen (secondary N) is 2. The molecule has 2 aliphatic heterocycles. The number of hydrogen-bond acceptors (Lipinski definition) is 6. The van der Waals surface area contributed by atoms with Crippen molar-refractivity contribution in [2.24, 2.45) is 0 Å². The molecule has 162 valence electrons. The van der Waals surface area contributed by atoms with Crippen LogP contribution in [-0.2, 0) is 0 Å². The fraction of sp³-hybridized carbons (Fsp3) is 0.435. The standard InChI is InChI=1S/C23H27N5O2S/c1-24-22(30)20-13-25-23(31-20)27-10-7-17(8-11-27)28-9-6-16(14-28)19-12-15-4-2-3-5-18(15)21(29)26-19/h2-5,12-13,16-17H,6-11,14H2,1H3,(H,24,30)(H,26,29). The number of pyridine rings is 1. The lowest BCUT2D eigenvalue weighted by molar-refractivity contribution is 0.0967. The van der Waals surface area contributed by atoms with Crippen LogP contribution in [-0.4, -0.2) is 60.0 Å². The van der Waals surface area contributed by atoms with Crippen molar-refractivity contribution in [3.63, 3.8) is 0 Å². The summed E-state index contributed by atoms with van der Waals surface area (Å²) < 4.78 is 0. The lowest BCUT2D eigenvalue weighted by atomic mass is 10.0. The summed E-state index contributed by atoms with van der Waals surface area (Å²) in [6, 6.07) is 10.5. The zero-order chi connectivity index (χ0) is 21.4. The molecule has 5 rings (SSSR count). The molecule has 1 atom stereocenters. The maximum atomic E-state index is 12.5. The first kappa shape index (κ1) is 20.2. The maximum absolute atomic E-state index is 12.5. The smallest absolute Gasteiger partial charge is 0.262 e. The Balaban J connectivity index is 1.21. The summed E-state index contributed by atoms with van der Waals surface area (Å²) >= 11 is 1.46. The summed E-state index contributed by atoms with van der Waals surface area (Å²) in [5.41, 5.74) is 1.08. The molecule has 4 heterocycles. The van der Waals surface area contributed by atoms with Gasteiger partial charge in [-0.3, -0.25) is 14.5 Å². The van der Waals surface area contributed by atoms with Gasteiger partial charge in [0, 0.05) is 49.7 Å². The second kappa shape index (κ2) is 8.43. The largest absolute Gasteiger partial charge is 0.354 e. The minimum atomic E-state index is -0.0755. The first-order valence-electron chi connectivity index (χ1n) is 10.9. The molecule has 31 heavy (non-hydrogen) atoms. The van der Waals surface area contributed by atoms with E-state index in [1.165, 1.54) is 11.3 Å². The highest BCUT2D eigenvalue weighted by atomic mass is 32.1. The fourth-order valence-electron chi connectivity index (χ4n) is 4.89. The Bertz CT molecular complexity index is 1150. The van der Waals surface area contributed by atoms with Crippen molar-refractivity contribution in [2.45, 2.75) is 31.2 Å². The second-order valence-corrected chi connectivity index (χ2v) is 9.44. The monoisotopic (exact) mass is 437 g/mol. The van der Waals surface area contributed by atoms with E-state index in [1.807, 2.05) is 24.3 Å². The van der Waals surface area contributed by atoms with Crippen molar-refractivity contribution >= 4 is 33.1 Å². The Morgan fingerprint density at radius 1 is 1.19 bits per heavy atom. The van der Waals surface area contributed by atoms with E-state index in [-0.39, 0.29) is 11.5 Å². The van der Waals surface area contributed by atoms with Crippen LogP contribution < -0.4 is 15.8 Å². The van der Waals surface area contributed by atoms with Crippen molar-refractivity contribution in [3.8, 4) is 0 Å². The first-order chi connectivity index (χ1) is 15.1. The van der Waals surface area contributed by atoms with Crippen LogP contribution in [0.4, 0.5) is 5.13 Å². The average molecular weight is 438 g/mol. The number of fused-ring (bicyclic) bond motifs is 1. The van der Waals surface area contributed by atoms with Gasteiger partial charge in [0.05, 0.1) is 6.20 Å². The van der Waals surface area contributed by atoms with E-state index in [0.717, 1.165) is 67.0 Å². The summed E-state index contributed by atoms with van der Waals surface area (Å²) in [7, 11) is 1.64. The summed E-state index contributed by atoms with van der Waals surface area (Å²) in [5.74, 6) is 0.304. The maximum Gasteiger partial charge on any atom is 0.262 e. The normalized spacial score (nSPS) is 20.4. The molecule has 2 N–H and O–H groups in total. The molecule has 8 heteroatoms. The first-order valence-corrected chi connectivity index (χ1v) is 11.7. The van der Waals surface area contributed by atoms with Gasteiger partial charge in [0.25, 0.3) is 11.5 Å². The van der Waals surface area contributed by atoms with Gasteiger partial charge in [-0.1, -0.05) is 29.5 Å². The zero-order valence-corrected chi connectivity index (χ0v) is 18.5. The van der Waals surface area contributed by atoms with E-state index in [2.05, 4.69) is 31.2 Å². The van der Waals surface area contributed by atoms with Gasteiger partial charge in [-0.15, -0.1) is 0 Å². The number of H-pyrrole nitrogens is 1. The van der Waals surface area contributed by atoms with Gasteiger partial charge in [0.2, 0.25) is 0 Å². The lowest BCUT2D eigenvalue weighted by Gasteiger charge is -2.36. The molecular formula is C23H27N5O2S. The Hall–Kier alpha value is -2.71. The zero-order valence-electron chi connectivity index (χ0n) is 17.6. The number of amides is 1. The molecule has 0 spiro atoms. The molecule has 2 saturated heterocycles. The lowest BCUT2D eigenvalue weighted by Crippen LogP contribution is -2.44. The van der Waals surface area contributed by atoms with Gasteiger partial charge < -0.3 is 15.2 Å². The molecule has 7 nitrogen and oxygen atoms in total. The fourth-order valence-corrected chi connectivity index (χ4v) is 5.80. The number of piperidine rings is 1. The Morgan fingerprint density at radius 2 is 2.00 bits per heavy atom. The number of rotatable bonds is 4. The number of carbonyl (C=O) groups is 1. The van der Waals surface area contributed by atoms with Gasteiger partial charge in [-0.2, -0.15) is 0 Å². The van der Waals surface area contributed by atoms with Crippen molar-refractivity contribution in [3.05, 3.63) is 57.5 Å². The van der Waals surface area contributed by atoms with Crippen LogP contribution in [0, 0.1) is 0 Å². The summed E-state index contributed by atoms with van der Waals surface area (Å²) in [6.07, 6.45) is 4.93. The van der Waals surface area contributed by atoms with Gasteiger partial charge in [0.1, 0.15) is 4.88 Å². The van der Waals surface area contributed by atoms with Crippen molar-refractivity contribution < 1.29 is 4.79 Å². The second-order valence-electron chi connectivity index (χ2n) is 8.43. The molecule has 2 aliphatic rings. The van der Waals surface area contributed by atoms with Crippen LogP contribution >= 0.6 is 11.3 Å². The Kier molecular flexibility index (Phi) is 5.50. The molecule has 1 unspecified atom stereocenters. The number of likely N-dealkylation sites (tertiary alicyclic amines) is 1. The van der Waals surface area contributed by atoms with Gasteiger partial charge in [0.15, 0.2) is 5.13 Å². The Labute approximate surface area is 185 Å². The molecular weight excluding hydrogens is 410 g/mol. The van der Waals surface area contributed by atoms with Crippen LogP contribution in [0.2, 0.25) is 0 Å². The number of benzene rings is 1. The average Bonchev–Trinajstić information content (AvgIpc) is 3.49. The van der Waals surface area contributed by atoms with Crippen molar-refractivity contribution in [2.75, 3.05) is 38.1 Å². The van der Waals surface area contributed by atoms with E-state index >= 15 is 0 Å². The summed E-state index contributed by atoms with van der Waals surface area (Å²) in [5, 5.41) is 5.37. The number of aromatic amines is 1. The molecule has 0 saturated carbocycles. The van der Waals surface area contributed by atoms with Crippen molar-refractivity contribution in [1.29, 1.82) is 0 Å². The number of hydrogen-bond donors (Lipinski definition) is 2. The highest BCUT2D eigenvalue weighted by Gasteiger charge is 2.32. The van der Waals surface area contributed by atoms with E-state index in [9.17, 15) is 9.59 Å². The highest BCUT2D eigenvalue weighted by molar-refractivity contribution is 7.17. The van der Waals surface area contributed by atoms with E-state index < -0.39 is 0 Å². The minimum absolute atomic E-state index is 0.0134. The summed E-state index contributed by atoms with van der Waals surface area (Å²) in [6.45, 7) is 3.98. The van der Waals surface area contributed by atoms with E-state index in [1.54, 1.807) is 13.2 Å². The molecule has 0 radical (unpaired) electrons. The third-order valence-electron chi connectivity index (χ3n) is 6.63. The number of carbonyl (C=O) groups excluding carboxylic acids is 1. The molecule has 2 aromatic heterocycles. The topological polar surface area (TPSA) is 81.3 Å². The SMILES string of the molecule is CNC(=O)c1cnc(N2CCC(N3CCC(c4cc5ccccc5c(=O)[nH]4)C3)CC2)s1. The van der Waals surface area contributed by atoms with Crippen LogP contribution in [0.25, 0.3) is 10.8 Å². The van der Waals surface area contributed by atoms with Crippen molar-refractivity contribution in [1.82, 2.24) is 20.2 Å².